The van der Waals surface area contributed by atoms with Crippen molar-refractivity contribution in [1.82, 2.24) is 4.57 Å². The van der Waals surface area contributed by atoms with Gasteiger partial charge >= 0.3 is 0 Å². The lowest BCUT2D eigenvalue weighted by Crippen LogP contribution is -2.30. The monoisotopic (exact) mass is 424 g/mol. The van der Waals surface area contributed by atoms with Crippen molar-refractivity contribution in [3.63, 3.8) is 0 Å². The summed E-state index contributed by atoms with van der Waals surface area (Å²) in [5, 5.41) is 15.2. The van der Waals surface area contributed by atoms with Crippen LogP contribution in [0.2, 0.25) is 5.02 Å². The minimum absolute atomic E-state index is 0.0975. The Morgan fingerprint density at radius 1 is 1.10 bits per heavy atom. The smallest absolute Gasteiger partial charge is 0.260 e. The van der Waals surface area contributed by atoms with E-state index in [2.05, 4.69) is 5.32 Å². The Kier molecular flexibility index (Phi) is 5.93. The third-order valence-electron chi connectivity index (χ3n) is 6.01. The van der Waals surface area contributed by atoms with Gasteiger partial charge in [0.1, 0.15) is 6.23 Å². The number of aliphatic hydroxyl groups is 1. The second kappa shape index (κ2) is 8.62. The number of hydrogen-bond acceptors (Lipinski definition) is 3. The number of nitrogens with zero attached hydrogens (tertiary/aromatic N) is 1. The number of pyridine rings is 1. The van der Waals surface area contributed by atoms with Crippen LogP contribution in [-0.2, 0) is 0 Å². The lowest BCUT2D eigenvalue weighted by Gasteiger charge is -2.28. The molecule has 0 aliphatic heterocycles. The van der Waals surface area contributed by atoms with Gasteiger partial charge in [0.15, 0.2) is 0 Å². The molecule has 5 nitrogen and oxygen atoms in total. The summed E-state index contributed by atoms with van der Waals surface area (Å²) >= 11 is 6.29. The molecule has 1 heterocycles. The van der Waals surface area contributed by atoms with Gasteiger partial charge in [0.25, 0.3) is 11.5 Å². The Morgan fingerprint density at radius 3 is 2.60 bits per heavy atom. The predicted molar refractivity (Wildman–Crippen MR) is 120 cm³/mol. The maximum atomic E-state index is 13.1. The van der Waals surface area contributed by atoms with Gasteiger partial charge in [0.05, 0.1) is 10.6 Å². The van der Waals surface area contributed by atoms with Crippen molar-refractivity contribution in [1.29, 1.82) is 0 Å². The number of benzene rings is 2. The Bertz CT molecular complexity index is 1150. The van der Waals surface area contributed by atoms with E-state index in [4.69, 9.17) is 11.6 Å². The first kappa shape index (κ1) is 20.6. The number of nitrogens with one attached hydrogen (secondary N) is 1. The molecule has 156 valence electrons. The standard InChI is InChI=1S/C24H25ClN2O3/c1-15-7-5-11-19(21(15)25)22(28)26-20-12-6-10-18-17(20)13-14-27(24(18)30)23(29)16-8-3-2-4-9-16/h5-7,10-14,16,23,29H,2-4,8-9H2,1H3,(H,26,28). The highest BCUT2D eigenvalue weighted by atomic mass is 35.5. The molecular formula is C24H25ClN2O3. The Labute approximate surface area is 180 Å². The molecule has 1 saturated carbocycles. The molecule has 0 spiro atoms. The normalized spacial score (nSPS) is 15.8. The van der Waals surface area contributed by atoms with Gasteiger partial charge in [0, 0.05) is 28.6 Å². The maximum absolute atomic E-state index is 13.1. The summed E-state index contributed by atoms with van der Waals surface area (Å²) in [4.78, 5) is 25.9. The molecule has 1 aromatic heterocycles. The van der Waals surface area contributed by atoms with Crippen LogP contribution < -0.4 is 10.9 Å². The summed E-state index contributed by atoms with van der Waals surface area (Å²) in [6, 6.07) is 12.3. The molecule has 1 fully saturated rings. The largest absolute Gasteiger partial charge is 0.373 e. The Morgan fingerprint density at radius 2 is 1.83 bits per heavy atom. The first-order valence-corrected chi connectivity index (χ1v) is 10.7. The number of amides is 1. The zero-order valence-corrected chi connectivity index (χ0v) is 17.7. The number of halogens is 1. The highest BCUT2D eigenvalue weighted by molar-refractivity contribution is 6.35. The Balaban J connectivity index is 1.67. The van der Waals surface area contributed by atoms with Crippen LogP contribution in [0.15, 0.2) is 53.5 Å². The van der Waals surface area contributed by atoms with Gasteiger partial charge in [-0.2, -0.15) is 0 Å². The van der Waals surface area contributed by atoms with Gasteiger partial charge < -0.3 is 10.4 Å². The van der Waals surface area contributed by atoms with Gasteiger partial charge in [-0.3, -0.25) is 14.2 Å². The highest BCUT2D eigenvalue weighted by Crippen LogP contribution is 2.31. The number of aromatic nitrogens is 1. The summed E-state index contributed by atoms with van der Waals surface area (Å²) in [7, 11) is 0. The summed E-state index contributed by atoms with van der Waals surface area (Å²) in [6.45, 7) is 1.84. The average molecular weight is 425 g/mol. The van der Waals surface area contributed by atoms with Crippen molar-refractivity contribution in [3.8, 4) is 0 Å². The second-order valence-corrected chi connectivity index (χ2v) is 8.38. The molecule has 0 saturated heterocycles. The van der Waals surface area contributed by atoms with Gasteiger partial charge in [-0.15, -0.1) is 0 Å². The van der Waals surface area contributed by atoms with Gasteiger partial charge in [0.2, 0.25) is 0 Å². The highest BCUT2D eigenvalue weighted by Gasteiger charge is 2.24. The second-order valence-electron chi connectivity index (χ2n) is 8.00. The molecule has 1 aliphatic rings. The molecular weight excluding hydrogens is 400 g/mol. The number of carbonyl (C=O) groups excluding carboxylic acids is 1. The van der Waals surface area contributed by atoms with E-state index in [1.807, 2.05) is 13.0 Å². The van der Waals surface area contributed by atoms with Crippen LogP contribution in [0.1, 0.15) is 54.3 Å². The van der Waals surface area contributed by atoms with Gasteiger partial charge in [-0.25, -0.2) is 0 Å². The van der Waals surface area contributed by atoms with Gasteiger partial charge in [-0.1, -0.05) is 49.1 Å². The van der Waals surface area contributed by atoms with Crippen LogP contribution >= 0.6 is 11.6 Å². The maximum Gasteiger partial charge on any atom is 0.260 e. The average Bonchev–Trinajstić information content (AvgIpc) is 2.76. The van der Waals surface area contributed by atoms with Crippen molar-refractivity contribution in [2.45, 2.75) is 45.3 Å². The van der Waals surface area contributed by atoms with E-state index in [1.54, 1.807) is 42.6 Å². The van der Waals surface area contributed by atoms with Crippen LogP contribution in [0.25, 0.3) is 10.8 Å². The summed E-state index contributed by atoms with van der Waals surface area (Å²) in [6.07, 6.45) is 6.01. The first-order valence-electron chi connectivity index (χ1n) is 10.4. The summed E-state index contributed by atoms with van der Waals surface area (Å²) < 4.78 is 1.42. The Hall–Kier alpha value is -2.63. The van der Waals surface area contributed by atoms with E-state index in [0.29, 0.717) is 27.0 Å². The number of aryl methyl sites for hydroxylation is 1. The molecule has 4 rings (SSSR count). The first-order chi connectivity index (χ1) is 14.5. The van der Waals surface area contributed by atoms with Crippen LogP contribution in [0.5, 0.6) is 0 Å². The number of rotatable bonds is 4. The van der Waals surface area contributed by atoms with Crippen molar-refractivity contribution < 1.29 is 9.90 Å². The van der Waals surface area contributed by atoms with Crippen LogP contribution in [0.4, 0.5) is 5.69 Å². The topological polar surface area (TPSA) is 71.3 Å². The zero-order chi connectivity index (χ0) is 21.3. The summed E-state index contributed by atoms with van der Waals surface area (Å²) in [5.41, 5.74) is 1.48. The van der Waals surface area contributed by atoms with Crippen LogP contribution in [-0.4, -0.2) is 15.6 Å². The molecule has 0 radical (unpaired) electrons. The number of aliphatic hydroxyl groups excluding tert-OH is 1. The third kappa shape index (κ3) is 3.87. The fourth-order valence-electron chi connectivity index (χ4n) is 4.28. The fourth-order valence-corrected chi connectivity index (χ4v) is 4.49. The number of hydrogen-bond donors (Lipinski definition) is 2. The fraction of sp³-hybridized carbons (Fsp3) is 0.333. The van der Waals surface area contributed by atoms with E-state index >= 15 is 0 Å². The summed E-state index contributed by atoms with van der Waals surface area (Å²) in [5.74, 6) is -0.233. The van der Waals surface area contributed by atoms with E-state index in [1.165, 1.54) is 11.0 Å². The molecule has 3 aromatic rings. The predicted octanol–water partition coefficient (Wildman–Crippen LogP) is 5.29. The van der Waals surface area contributed by atoms with E-state index in [0.717, 1.165) is 31.2 Å². The quantitative estimate of drug-likeness (QED) is 0.598. The minimum Gasteiger partial charge on any atom is -0.373 e. The molecule has 1 atom stereocenters. The lowest BCUT2D eigenvalue weighted by atomic mass is 9.88. The van der Waals surface area contributed by atoms with Crippen LogP contribution in [0, 0.1) is 12.8 Å². The third-order valence-corrected chi connectivity index (χ3v) is 6.52. The molecule has 2 N–H and O–H groups in total. The van der Waals surface area contributed by atoms with Gasteiger partial charge in [-0.05, 0) is 49.6 Å². The SMILES string of the molecule is Cc1cccc(C(=O)Nc2cccc3c(=O)n(C(O)C4CCCCC4)ccc23)c1Cl. The van der Waals surface area contributed by atoms with Crippen molar-refractivity contribution in [3.05, 3.63) is 75.2 Å². The van der Waals surface area contributed by atoms with E-state index in [-0.39, 0.29) is 17.4 Å². The number of anilines is 1. The zero-order valence-electron chi connectivity index (χ0n) is 16.9. The minimum atomic E-state index is -0.827. The lowest BCUT2D eigenvalue weighted by molar-refractivity contribution is 0.0210. The van der Waals surface area contributed by atoms with E-state index in [9.17, 15) is 14.7 Å². The molecule has 30 heavy (non-hydrogen) atoms. The molecule has 2 aromatic carbocycles. The van der Waals surface area contributed by atoms with Crippen molar-refractivity contribution in [2.75, 3.05) is 5.32 Å². The van der Waals surface area contributed by atoms with Crippen molar-refractivity contribution >= 4 is 34.0 Å². The van der Waals surface area contributed by atoms with Crippen molar-refractivity contribution in [2.24, 2.45) is 5.92 Å². The number of carbonyl (C=O) groups is 1. The van der Waals surface area contributed by atoms with E-state index < -0.39 is 6.23 Å². The number of fused-ring (bicyclic) bond motifs is 1. The molecule has 6 heteroatoms. The molecule has 1 aliphatic carbocycles. The molecule has 1 amide bonds. The molecule has 0 bridgehead atoms. The molecule has 1 unspecified atom stereocenters. The van der Waals surface area contributed by atoms with Crippen LogP contribution in [0.3, 0.4) is 0 Å².